The summed E-state index contributed by atoms with van der Waals surface area (Å²) in [6.07, 6.45) is 0.897. The fraction of sp³-hybridized carbons (Fsp3) is 0.250. The molecule has 1 heterocycles. The predicted molar refractivity (Wildman–Crippen MR) is 89.3 cm³/mol. The summed E-state index contributed by atoms with van der Waals surface area (Å²) in [5.41, 5.74) is 2.12. The lowest BCUT2D eigenvalue weighted by Gasteiger charge is -2.14. The van der Waals surface area contributed by atoms with Gasteiger partial charge in [-0.15, -0.1) is 0 Å². The molecule has 2 aromatic rings. The highest BCUT2D eigenvalue weighted by Gasteiger charge is 2.16. The Hall–Kier alpha value is -0.900. The molecule has 2 aromatic carbocycles. The average molecular weight is 388 g/mol. The van der Waals surface area contributed by atoms with Crippen molar-refractivity contribution in [3.8, 4) is 11.5 Å². The zero-order chi connectivity index (χ0) is 14.8. The maximum Gasteiger partial charge on any atom is 0.161 e. The smallest absolute Gasteiger partial charge is 0.161 e. The maximum atomic E-state index is 6.08. The molecule has 21 heavy (non-hydrogen) atoms. The van der Waals surface area contributed by atoms with Crippen LogP contribution in [0.15, 0.2) is 36.4 Å². The quantitative estimate of drug-likeness (QED) is 0.621. The Kier molecular flexibility index (Phi) is 4.63. The zero-order valence-electron chi connectivity index (χ0n) is 11.1. The number of alkyl halides is 1. The fourth-order valence-corrected chi connectivity index (χ4v) is 3.08. The number of rotatable bonds is 2. The molecule has 0 saturated heterocycles. The summed E-state index contributed by atoms with van der Waals surface area (Å²) in [6.45, 7) is 1.37. The molecular weight excluding hydrogens is 375 g/mol. The summed E-state index contributed by atoms with van der Waals surface area (Å²) in [6, 6.07) is 11.6. The van der Waals surface area contributed by atoms with E-state index in [0.29, 0.717) is 23.3 Å². The summed E-state index contributed by atoms with van der Waals surface area (Å²) in [5, 5.41) is 1.10. The van der Waals surface area contributed by atoms with E-state index >= 15 is 0 Å². The minimum atomic E-state index is 0.0180. The van der Waals surface area contributed by atoms with Crippen molar-refractivity contribution >= 4 is 39.1 Å². The number of benzene rings is 2. The van der Waals surface area contributed by atoms with Gasteiger partial charge in [-0.25, -0.2) is 0 Å². The number of hydrogen-bond acceptors (Lipinski definition) is 2. The molecule has 1 aliphatic rings. The highest BCUT2D eigenvalue weighted by atomic mass is 79.9. The van der Waals surface area contributed by atoms with Gasteiger partial charge in [0, 0.05) is 6.42 Å². The van der Waals surface area contributed by atoms with Gasteiger partial charge in [0.05, 0.1) is 28.1 Å². The van der Waals surface area contributed by atoms with Crippen molar-refractivity contribution in [2.45, 2.75) is 11.2 Å². The number of fused-ring (bicyclic) bond motifs is 1. The van der Waals surface area contributed by atoms with Crippen molar-refractivity contribution in [1.82, 2.24) is 0 Å². The van der Waals surface area contributed by atoms with Crippen LogP contribution in [-0.2, 0) is 0 Å². The van der Waals surface area contributed by atoms with E-state index in [2.05, 4.69) is 15.9 Å². The highest BCUT2D eigenvalue weighted by Crippen LogP contribution is 2.38. The lowest BCUT2D eigenvalue weighted by molar-refractivity contribution is 0.297. The molecule has 0 saturated carbocycles. The van der Waals surface area contributed by atoms with Gasteiger partial charge >= 0.3 is 0 Å². The van der Waals surface area contributed by atoms with Crippen LogP contribution in [0.5, 0.6) is 11.5 Å². The van der Waals surface area contributed by atoms with Crippen molar-refractivity contribution in [3.63, 3.8) is 0 Å². The van der Waals surface area contributed by atoms with Crippen molar-refractivity contribution in [2.24, 2.45) is 0 Å². The van der Waals surface area contributed by atoms with Gasteiger partial charge in [0.1, 0.15) is 0 Å². The van der Waals surface area contributed by atoms with E-state index in [0.717, 1.165) is 29.0 Å². The molecule has 0 fully saturated rings. The van der Waals surface area contributed by atoms with Gasteiger partial charge in [0.2, 0.25) is 0 Å². The molecule has 110 valence electrons. The normalized spacial score (nSPS) is 15.4. The molecule has 0 aromatic heterocycles. The first-order valence-electron chi connectivity index (χ1n) is 6.64. The van der Waals surface area contributed by atoms with E-state index in [-0.39, 0.29) is 4.83 Å². The SMILES string of the molecule is Clc1ccc(C(Br)c2ccc3c(c2)OCCCO3)cc1Cl. The Morgan fingerprint density at radius 1 is 0.857 bits per heavy atom. The van der Waals surface area contributed by atoms with Gasteiger partial charge in [-0.1, -0.05) is 51.3 Å². The maximum absolute atomic E-state index is 6.08. The minimum absolute atomic E-state index is 0.0180. The molecule has 0 bridgehead atoms. The van der Waals surface area contributed by atoms with E-state index in [4.69, 9.17) is 32.7 Å². The first kappa shape index (κ1) is 15.0. The van der Waals surface area contributed by atoms with E-state index in [1.54, 1.807) is 6.07 Å². The largest absolute Gasteiger partial charge is 0.490 e. The Labute approximate surface area is 142 Å². The summed E-state index contributed by atoms with van der Waals surface area (Å²) < 4.78 is 11.4. The lowest BCUT2D eigenvalue weighted by Crippen LogP contribution is -1.97. The van der Waals surface area contributed by atoms with Gasteiger partial charge in [-0.3, -0.25) is 0 Å². The minimum Gasteiger partial charge on any atom is -0.490 e. The van der Waals surface area contributed by atoms with Crippen LogP contribution < -0.4 is 9.47 Å². The van der Waals surface area contributed by atoms with Crippen molar-refractivity contribution in [2.75, 3.05) is 13.2 Å². The lowest BCUT2D eigenvalue weighted by atomic mass is 10.0. The topological polar surface area (TPSA) is 18.5 Å². The molecule has 5 heteroatoms. The summed E-state index contributed by atoms with van der Waals surface area (Å²) >= 11 is 15.7. The van der Waals surface area contributed by atoms with E-state index < -0.39 is 0 Å². The number of ether oxygens (including phenoxy) is 2. The van der Waals surface area contributed by atoms with Crippen molar-refractivity contribution in [3.05, 3.63) is 57.6 Å². The third-order valence-electron chi connectivity index (χ3n) is 3.30. The number of halogens is 3. The van der Waals surface area contributed by atoms with Crippen LogP contribution in [0.25, 0.3) is 0 Å². The van der Waals surface area contributed by atoms with Crippen molar-refractivity contribution < 1.29 is 9.47 Å². The second kappa shape index (κ2) is 6.47. The molecule has 1 aliphatic heterocycles. The third-order valence-corrected chi connectivity index (χ3v) is 5.10. The Balaban J connectivity index is 1.92. The van der Waals surface area contributed by atoms with Crippen molar-refractivity contribution in [1.29, 1.82) is 0 Å². The zero-order valence-corrected chi connectivity index (χ0v) is 14.2. The van der Waals surface area contributed by atoms with Crippen LogP contribution in [0.3, 0.4) is 0 Å². The molecule has 0 amide bonds. The monoisotopic (exact) mass is 386 g/mol. The second-order valence-electron chi connectivity index (χ2n) is 4.79. The molecular formula is C16H13BrCl2O2. The predicted octanol–water partition coefficient (Wildman–Crippen LogP) is 5.64. The molecule has 2 nitrogen and oxygen atoms in total. The fourth-order valence-electron chi connectivity index (χ4n) is 2.20. The van der Waals surface area contributed by atoms with Gasteiger partial charge in [0.25, 0.3) is 0 Å². The molecule has 0 spiro atoms. The van der Waals surface area contributed by atoms with Crippen LogP contribution in [0.4, 0.5) is 0 Å². The van der Waals surface area contributed by atoms with Crippen LogP contribution in [0, 0.1) is 0 Å². The van der Waals surface area contributed by atoms with Gasteiger partial charge < -0.3 is 9.47 Å². The molecule has 1 unspecified atom stereocenters. The number of hydrogen-bond donors (Lipinski definition) is 0. The van der Waals surface area contributed by atoms with E-state index in [1.807, 2.05) is 30.3 Å². The Morgan fingerprint density at radius 2 is 1.52 bits per heavy atom. The van der Waals surface area contributed by atoms with Gasteiger partial charge in [-0.05, 0) is 35.4 Å². The summed E-state index contributed by atoms with van der Waals surface area (Å²) in [5.74, 6) is 1.58. The van der Waals surface area contributed by atoms with Crippen LogP contribution in [0.2, 0.25) is 10.0 Å². The third kappa shape index (κ3) is 3.31. The molecule has 0 radical (unpaired) electrons. The first-order valence-corrected chi connectivity index (χ1v) is 8.31. The summed E-state index contributed by atoms with van der Waals surface area (Å²) in [7, 11) is 0. The molecule has 1 atom stereocenters. The van der Waals surface area contributed by atoms with Crippen LogP contribution in [-0.4, -0.2) is 13.2 Å². The van der Waals surface area contributed by atoms with Gasteiger partial charge in [0.15, 0.2) is 11.5 Å². The van der Waals surface area contributed by atoms with E-state index in [1.165, 1.54) is 0 Å². The van der Waals surface area contributed by atoms with E-state index in [9.17, 15) is 0 Å². The summed E-state index contributed by atoms with van der Waals surface area (Å²) in [4.78, 5) is 0.0180. The second-order valence-corrected chi connectivity index (χ2v) is 6.52. The molecule has 3 rings (SSSR count). The van der Waals surface area contributed by atoms with Crippen LogP contribution >= 0.6 is 39.1 Å². The first-order chi connectivity index (χ1) is 10.1. The molecule has 0 aliphatic carbocycles. The Bertz CT molecular complexity index is 661. The Morgan fingerprint density at radius 3 is 2.29 bits per heavy atom. The standard InChI is InChI=1S/C16H13BrCl2O2/c17-16(10-2-4-12(18)13(19)8-10)11-3-5-14-15(9-11)21-7-1-6-20-14/h2-5,8-9,16H,1,6-7H2. The average Bonchev–Trinajstić information content (AvgIpc) is 2.73. The van der Waals surface area contributed by atoms with Crippen LogP contribution in [0.1, 0.15) is 22.4 Å². The highest BCUT2D eigenvalue weighted by molar-refractivity contribution is 9.09. The van der Waals surface area contributed by atoms with Gasteiger partial charge in [-0.2, -0.15) is 0 Å². The molecule has 0 N–H and O–H groups in total.